The Labute approximate surface area is 149 Å². The van der Waals surface area contributed by atoms with E-state index in [2.05, 4.69) is 15.5 Å². The van der Waals surface area contributed by atoms with Crippen molar-refractivity contribution >= 4 is 28.2 Å². The first-order valence-corrected chi connectivity index (χ1v) is 8.81. The highest BCUT2D eigenvalue weighted by Crippen LogP contribution is 2.48. The number of nitrogens with zero attached hydrogens (tertiary/aromatic N) is 1. The van der Waals surface area contributed by atoms with Gasteiger partial charge in [-0.05, 0) is 46.2 Å². The number of fused-ring (bicyclic) bond motifs is 1. The van der Waals surface area contributed by atoms with E-state index in [0.29, 0.717) is 17.0 Å². The molecule has 7 nitrogen and oxygen atoms in total. The maximum absolute atomic E-state index is 12.4. The quantitative estimate of drug-likeness (QED) is 0.779. The van der Waals surface area contributed by atoms with Crippen molar-refractivity contribution in [2.75, 3.05) is 5.32 Å². The number of aryl methyl sites for hydroxylation is 1. The zero-order valence-corrected chi connectivity index (χ0v) is 15.8. The fourth-order valence-corrected chi connectivity index (χ4v) is 4.63. The van der Waals surface area contributed by atoms with E-state index in [4.69, 9.17) is 10.5 Å². The van der Waals surface area contributed by atoms with Gasteiger partial charge in [-0.15, -0.1) is 11.3 Å². The van der Waals surface area contributed by atoms with Gasteiger partial charge in [0.2, 0.25) is 0 Å². The Balaban J connectivity index is 2.05. The lowest BCUT2D eigenvalue weighted by Gasteiger charge is -2.41. The Morgan fingerprint density at radius 1 is 1.36 bits per heavy atom. The van der Waals surface area contributed by atoms with Crippen molar-refractivity contribution in [2.45, 2.75) is 52.2 Å². The number of amides is 2. The largest absolute Gasteiger partial charge is 0.365 e. The van der Waals surface area contributed by atoms with Crippen LogP contribution >= 0.6 is 11.3 Å². The smallest absolute Gasteiger partial charge is 0.276 e. The molecule has 0 aromatic carbocycles. The number of H-pyrrole nitrogens is 1. The van der Waals surface area contributed by atoms with Crippen LogP contribution in [0.3, 0.4) is 0 Å². The van der Waals surface area contributed by atoms with Crippen LogP contribution in [0.5, 0.6) is 0 Å². The lowest BCUT2D eigenvalue weighted by molar-refractivity contribution is -0.135. The van der Waals surface area contributed by atoms with Crippen LogP contribution in [0.25, 0.3) is 0 Å². The average molecular weight is 362 g/mol. The number of primary amides is 1. The average Bonchev–Trinajstić information content (AvgIpc) is 3.01. The lowest BCUT2D eigenvalue weighted by Crippen LogP contribution is -2.42. The molecule has 0 aliphatic carbocycles. The molecule has 0 saturated heterocycles. The van der Waals surface area contributed by atoms with Crippen molar-refractivity contribution < 1.29 is 14.3 Å². The number of thiophene rings is 1. The second-order valence-electron chi connectivity index (χ2n) is 7.42. The highest BCUT2D eigenvalue weighted by Gasteiger charge is 2.42. The third-order valence-corrected chi connectivity index (χ3v) is 5.55. The van der Waals surface area contributed by atoms with E-state index in [9.17, 15) is 9.59 Å². The Morgan fingerprint density at radius 3 is 2.60 bits per heavy atom. The van der Waals surface area contributed by atoms with Gasteiger partial charge in [0.15, 0.2) is 5.69 Å². The summed E-state index contributed by atoms with van der Waals surface area (Å²) in [5.74, 6) is -0.942. The molecule has 0 fully saturated rings. The van der Waals surface area contributed by atoms with E-state index in [0.717, 1.165) is 16.1 Å². The second kappa shape index (κ2) is 5.67. The van der Waals surface area contributed by atoms with Crippen LogP contribution in [0, 0.1) is 6.92 Å². The third kappa shape index (κ3) is 3.19. The van der Waals surface area contributed by atoms with Gasteiger partial charge in [-0.2, -0.15) is 5.10 Å². The zero-order valence-electron chi connectivity index (χ0n) is 14.9. The van der Waals surface area contributed by atoms with Gasteiger partial charge in [-0.3, -0.25) is 14.7 Å². The molecule has 4 N–H and O–H groups in total. The number of nitrogens with two attached hydrogens (primary N) is 1. The van der Waals surface area contributed by atoms with Crippen molar-refractivity contribution in [2.24, 2.45) is 5.73 Å². The first-order chi connectivity index (χ1) is 11.5. The van der Waals surface area contributed by atoms with Gasteiger partial charge in [0.1, 0.15) is 5.00 Å². The number of carbonyl (C=O) groups is 2. The van der Waals surface area contributed by atoms with E-state index < -0.39 is 17.1 Å². The van der Waals surface area contributed by atoms with Crippen LogP contribution < -0.4 is 11.1 Å². The molecule has 3 rings (SSSR count). The van der Waals surface area contributed by atoms with E-state index in [1.165, 1.54) is 11.3 Å². The summed E-state index contributed by atoms with van der Waals surface area (Å²) in [6.45, 7) is 9.67. The molecule has 2 aromatic heterocycles. The molecule has 25 heavy (non-hydrogen) atoms. The fourth-order valence-electron chi connectivity index (χ4n) is 3.37. The first-order valence-electron chi connectivity index (χ1n) is 8.00. The van der Waals surface area contributed by atoms with Crippen molar-refractivity contribution in [3.8, 4) is 0 Å². The summed E-state index contributed by atoms with van der Waals surface area (Å²) in [6.07, 6.45) is 0.553. The van der Waals surface area contributed by atoms with Gasteiger partial charge in [-0.25, -0.2) is 0 Å². The van der Waals surface area contributed by atoms with Gasteiger partial charge in [-0.1, -0.05) is 0 Å². The molecule has 0 saturated carbocycles. The second-order valence-corrected chi connectivity index (χ2v) is 8.44. The molecule has 134 valence electrons. The van der Waals surface area contributed by atoms with Crippen LogP contribution in [0.2, 0.25) is 0 Å². The molecule has 0 unspecified atom stereocenters. The summed E-state index contributed by atoms with van der Waals surface area (Å²) in [5, 5.41) is 9.90. The number of aromatic nitrogens is 2. The number of ether oxygens (including phenoxy) is 1. The number of anilines is 1. The monoisotopic (exact) mass is 362 g/mol. The standard InChI is InChI=1S/C17H22N4O3S/c1-8-6-10(21-20-8)14(23)19-15-11(13(18)22)9-7-16(2,3)24-17(4,5)12(9)25-15/h6H,7H2,1-5H3,(H2,18,22)(H,19,23)(H,20,21). The van der Waals surface area contributed by atoms with Crippen LogP contribution in [0.15, 0.2) is 6.07 Å². The van der Waals surface area contributed by atoms with Gasteiger partial charge in [0, 0.05) is 17.0 Å². The topological polar surface area (TPSA) is 110 Å². The van der Waals surface area contributed by atoms with E-state index >= 15 is 0 Å². The van der Waals surface area contributed by atoms with E-state index in [-0.39, 0.29) is 11.6 Å². The normalized spacial score (nSPS) is 17.8. The van der Waals surface area contributed by atoms with Crippen molar-refractivity contribution in [3.05, 3.63) is 33.5 Å². The summed E-state index contributed by atoms with van der Waals surface area (Å²) < 4.78 is 6.16. The third-order valence-electron chi connectivity index (χ3n) is 4.10. The highest BCUT2D eigenvalue weighted by atomic mass is 32.1. The maximum atomic E-state index is 12.4. The minimum Gasteiger partial charge on any atom is -0.365 e. The molecule has 3 heterocycles. The molecule has 8 heteroatoms. The summed E-state index contributed by atoms with van der Waals surface area (Å²) in [4.78, 5) is 25.5. The van der Waals surface area contributed by atoms with Crippen molar-refractivity contribution in [1.82, 2.24) is 10.2 Å². The first kappa shape index (κ1) is 17.6. The maximum Gasteiger partial charge on any atom is 0.276 e. The zero-order chi connectivity index (χ0) is 18.6. The minimum absolute atomic E-state index is 0.259. The summed E-state index contributed by atoms with van der Waals surface area (Å²) in [5.41, 5.74) is 6.89. The van der Waals surface area contributed by atoms with Crippen LogP contribution in [-0.4, -0.2) is 27.6 Å². The predicted molar refractivity (Wildman–Crippen MR) is 96.0 cm³/mol. The van der Waals surface area contributed by atoms with Gasteiger partial charge >= 0.3 is 0 Å². The molecular weight excluding hydrogens is 340 g/mol. The molecule has 0 bridgehead atoms. The molecule has 2 aromatic rings. The van der Waals surface area contributed by atoms with Crippen LogP contribution in [0.4, 0.5) is 5.00 Å². The summed E-state index contributed by atoms with van der Waals surface area (Å²) >= 11 is 1.33. The van der Waals surface area contributed by atoms with Crippen molar-refractivity contribution in [1.29, 1.82) is 0 Å². The highest BCUT2D eigenvalue weighted by molar-refractivity contribution is 7.17. The number of nitrogens with one attached hydrogen (secondary N) is 2. The number of rotatable bonds is 3. The van der Waals surface area contributed by atoms with E-state index in [1.54, 1.807) is 6.07 Å². The predicted octanol–water partition coefficient (Wildman–Crippen LogP) is 2.72. The number of carbonyl (C=O) groups excluding carboxylic acids is 2. The molecule has 2 amide bonds. The fraction of sp³-hybridized carbons (Fsp3) is 0.471. The van der Waals surface area contributed by atoms with Gasteiger partial charge < -0.3 is 15.8 Å². The Hall–Kier alpha value is -2.19. The number of hydrogen-bond donors (Lipinski definition) is 3. The molecule has 1 aliphatic heterocycles. The van der Waals surface area contributed by atoms with Crippen molar-refractivity contribution in [3.63, 3.8) is 0 Å². The van der Waals surface area contributed by atoms with Gasteiger partial charge in [0.25, 0.3) is 11.8 Å². The SMILES string of the molecule is Cc1cc(C(=O)Nc2sc3c(c2C(N)=O)CC(C)(C)OC3(C)C)n[nH]1. The molecule has 0 radical (unpaired) electrons. The van der Waals surface area contributed by atoms with Crippen LogP contribution in [0.1, 0.15) is 64.7 Å². The van der Waals surface area contributed by atoms with E-state index in [1.807, 2.05) is 34.6 Å². The Kier molecular flexibility index (Phi) is 4.00. The minimum atomic E-state index is -0.572. The molecule has 0 atom stereocenters. The number of aromatic amines is 1. The summed E-state index contributed by atoms with van der Waals surface area (Å²) in [7, 11) is 0. The Morgan fingerprint density at radius 2 is 2.04 bits per heavy atom. The number of hydrogen-bond acceptors (Lipinski definition) is 5. The molecular formula is C17H22N4O3S. The van der Waals surface area contributed by atoms with Gasteiger partial charge in [0.05, 0.1) is 16.8 Å². The molecule has 0 spiro atoms. The Bertz CT molecular complexity index is 863. The lowest BCUT2D eigenvalue weighted by atomic mass is 9.86. The van der Waals surface area contributed by atoms with Crippen LogP contribution in [-0.2, 0) is 16.8 Å². The molecule has 1 aliphatic rings. The summed E-state index contributed by atoms with van der Waals surface area (Å²) in [6, 6.07) is 1.64.